The van der Waals surface area contributed by atoms with Crippen molar-refractivity contribution in [3.63, 3.8) is 0 Å². The molecule has 0 aliphatic carbocycles. The van der Waals surface area contributed by atoms with Gasteiger partial charge in [-0.25, -0.2) is 9.37 Å². The molecule has 1 aliphatic rings. The third kappa shape index (κ3) is 3.58. The maximum absolute atomic E-state index is 15.0. The molecule has 4 aromatic rings. The number of para-hydroxylation sites is 1. The lowest BCUT2D eigenvalue weighted by Crippen LogP contribution is -2.30. The van der Waals surface area contributed by atoms with Crippen LogP contribution in [-0.2, 0) is 0 Å². The van der Waals surface area contributed by atoms with Crippen LogP contribution in [0.4, 0.5) is 10.1 Å². The first-order valence-corrected chi connectivity index (χ1v) is 11.2. The predicted molar refractivity (Wildman–Crippen MR) is 132 cm³/mol. The first kappa shape index (κ1) is 21.3. The van der Waals surface area contributed by atoms with Gasteiger partial charge in [-0.2, -0.15) is 0 Å². The summed E-state index contributed by atoms with van der Waals surface area (Å²) in [6.07, 6.45) is 3.57. The molecular weight excluding hydrogens is 433 g/mol. The normalized spacial score (nSPS) is 17.9. The Balaban J connectivity index is 1.71. The van der Waals surface area contributed by atoms with Crippen molar-refractivity contribution in [3.05, 3.63) is 107 Å². The monoisotopic (exact) mass is 457 g/mol. The van der Waals surface area contributed by atoms with Gasteiger partial charge in [0.15, 0.2) is 5.11 Å². The Morgan fingerprint density at radius 2 is 1.70 bits per heavy atom. The van der Waals surface area contributed by atoms with Gasteiger partial charge in [0.25, 0.3) is 0 Å². The zero-order chi connectivity index (χ0) is 23.1. The van der Waals surface area contributed by atoms with Crippen LogP contribution in [0, 0.1) is 26.6 Å². The standard InChI is InChI=1S/C26H24FN5S/c1-16-9-8-14-29-25(16)31-17(2)15-19(18(31)3)24-23(21-11-6-7-13-28-21)30-26(33)32(24)22-12-5-4-10-20(22)27/h4-15,23-24H,1-3H3,(H,30,33)/t23-,24-/m1/s1. The largest absolute Gasteiger partial charge is 0.351 e. The van der Waals surface area contributed by atoms with Crippen molar-refractivity contribution in [3.8, 4) is 5.82 Å². The van der Waals surface area contributed by atoms with E-state index in [0.717, 1.165) is 34.0 Å². The van der Waals surface area contributed by atoms with Crippen LogP contribution in [-0.4, -0.2) is 19.6 Å². The number of nitrogens with zero attached hydrogens (tertiary/aromatic N) is 4. The van der Waals surface area contributed by atoms with Gasteiger partial charge in [-0.1, -0.05) is 24.3 Å². The molecule has 0 unspecified atom stereocenters. The Labute approximate surface area is 197 Å². The van der Waals surface area contributed by atoms with E-state index in [1.54, 1.807) is 24.5 Å². The zero-order valence-corrected chi connectivity index (χ0v) is 19.5. The summed E-state index contributed by atoms with van der Waals surface area (Å²) in [7, 11) is 0. The lowest BCUT2D eigenvalue weighted by Gasteiger charge is -2.28. The van der Waals surface area contributed by atoms with Gasteiger partial charge in [0.1, 0.15) is 11.6 Å². The van der Waals surface area contributed by atoms with E-state index >= 15 is 0 Å². The second-order valence-corrected chi connectivity index (χ2v) is 8.64. The average Bonchev–Trinajstić information content (AvgIpc) is 3.30. The van der Waals surface area contributed by atoms with Gasteiger partial charge < -0.3 is 14.8 Å². The highest BCUT2D eigenvalue weighted by molar-refractivity contribution is 7.80. The molecule has 1 N–H and O–H groups in total. The summed E-state index contributed by atoms with van der Waals surface area (Å²) in [5.41, 5.74) is 5.50. The molecule has 1 aromatic carbocycles. The molecule has 7 heteroatoms. The minimum absolute atomic E-state index is 0.239. The Morgan fingerprint density at radius 3 is 2.42 bits per heavy atom. The third-order valence-corrected chi connectivity index (χ3v) is 6.51. The SMILES string of the molecule is Cc1cccnc1-n1c(C)cc([C@@H]2[C@@H](c3ccccn3)NC(=S)N2c2ccccc2F)c1C. The van der Waals surface area contributed by atoms with Crippen molar-refractivity contribution in [1.82, 2.24) is 19.9 Å². The Bertz CT molecular complexity index is 1330. The van der Waals surface area contributed by atoms with Crippen molar-refractivity contribution < 1.29 is 4.39 Å². The molecule has 0 spiro atoms. The quantitative estimate of drug-likeness (QED) is 0.410. The summed E-state index contributed by atoms with van der Waals surface area (Å²) in [5.74, 6) is 0.571. The molecule has 0 bridgehead atoms. The summed E-state index contributed by atoms with van der Waals surface area (Å²) in [6.45, 7) is 6.19. The van der Waals surface area contributed by atoms with E-state index in [4.69, 9.17) is 12.2 Å². The number of hydrogen-bond acceptors (Lipinski definition) is 3. The molecule has 0 amide bonds. The Morgan fingerprint density at radius 1 is 0.939 bits per heavy atom. The number of nitrogens with one attached hydrogen (secondary N) is 1. The van der Waals surface area contributed by atoms with Crippen molar-refractivity contribution in [2.75, 3.05) is 4.90 Å². The van der Waals surface area contributed by atoms with Crippen molar-refractivity contribution in [1.29, 1.82) is 0 Å². The maximum atomic E-state index is 15.0. The number of pyridine rings is 2. The molecule has 1 aliphatic heterocycles. The number of halogens is 1. The van der Waals surface area contributed by atoms with Gasteiger partial charge in [0.2, 0.25) is 0 Å². The number of aromatic nitrogens is 3. The van der Waals surface area contributed by atoms with Crippen LogP contribution in [0.1, 0.15) is 40.3 Å². The fourth-order valence-corrected chi connectivity index (χ4v) is 5.04. The first-order valence-electron chi connectivity index (χ1n) is 10.8. The van der Waals surface area contributed by atoms with Gasteiger partial charge in [-0.05, 0) is 80.5 Å². The van der Waals surface area contributed by atoms with Gasteiger partial charge in [0.05, 0.1) is 23.5 Å². The van der Waals surface area contributed by atoms with Crippen molar-refractivity contribution in [2.24, 2.45) is 0 Å². The van der Waals surface area contributed by atoms with Crippen molar-refractivity contribution >= 4 is 23.0 Å². The van der Waals surface area contributed by atoms with Crippen LogP contribution in [0.3, 0.4) is 0 Å². The minimum atomic E-state index is -0.317. The van der Waals surface area contributed by atoms with Gasteiger partial charge in [-0.15, -0.1) is 0 Å². The highest BCUT2D eigenvalue weighted by Crippen LogP contribution is 2.44. The number of benzene rings is 1. The molecule has 166 valence electrons. The van der Waals surface area contributed by atoms with Gasteiger partial charge in [0, 0.05) is 23.8 Å². The topological polar surface area (TPSA) is 46.0 Å². The van der Waals surface area contributed by atoms with E-state index in [1.807, 2.05) is 35.2 Å². The Hall–Kier alpha value is -3.58. The van der Waals surface area contributed by atoms with E-state index in [9.17, 15) is 4.39 Å². The molecule has 4 heterocycles. The number of thiocarbonyl (C=S) groups is 1. The summed E-state index contributed by atoms with van der Waals surface area (Å²) >= 11 is 5.73. The summed E-state index contributed by atoms with van der Waals surface area (Å²) < 4.78 is 17.1. The van der Waals surface area contributed by atoms with Crippen LogP contribution in [0.25, 0.3) is 5.82 Å². The highest BCUT2D eigenvalue weighted by Gasteiger charge is 2.43. The molecule has 33 heavy (non-hydrogen) atoms. The first-order chi connectivity index (χ1) is 16.0. The van der Waals surface area contributed by atoms with Crippen LogP contribution < -0.4 is 10.2 Å². The van der Waals surface area contributed by atoms with Crippen LogP contribution in [0.2, 0.25) is 0 Å². The third-order valence-electron chi connectivity index (χ3n) is 6.19. The number of aryl methyl sites for hydroxylation is 2. The van der Waals surface area contributed by atoms with E-state index < -0.39 is 0 Å². The second kappa shape index (κ2) is 8.41. The van der Waals surface area contributed by atoms with Gasteiger partial charge in [-0.3, -0.25) is 4.98 Å². The minimum Gasteiger partial charge on any atom is -0.351 e. The molecule has 1 fully saturated rings. The smallest absolute Gasteiger partial charge is 0.174 e. The van der Waals surface area contributed by atoms with E-state index in [-0.39, 0.29) is 17.9 Å². The molecule has 5 nitrogen and oxygen atoms in total. The van der Waals surface area contributed by atoms with Gasteiger partial charge >= 0.3 is 0 Å². The van der Waals surface area contributed by atoms with Crippen LogP contribution in [0.5, 0.6) is 0 Å². The molecule has 5 rings (SSSR count). The maximum Gasteiger partial charge on any atom is 0.174 e. The summed E-state index contributed by atoms with van der Waals surface area (Å²) in [6, 6.07) is 18.2. The summed E-state index contributed by atoms with van der Waals surface area (Å²) in [5, 5.41) is 3.88. The average molecular weight is 458 g/mol. The number of rotatable bonds is 4. The second-order valence-electron chi connectivity index (χ2n) is 8.25. The fraction of sp³-hybridized carbons (Fsp3) is 0.192. The van der Waals surface area contributed by atoms with Crippen molar-refractivity contribution in [2.45, 2.75) is 32.9 Å². The van der Waals surface area contributed by atoms with E-state index in [0.29, 0.717) is 10.8 Å². The number of hydrogen-bond donors (Lipinski definition) is 1. The molecule has 0 saturated carbocycles. The lowest BCUT2D eigenvalue weighted by molar-refractivity contribution is 0.556. The van der Waals surface area contributed by atoms with Crippen LogP contribution >= 0.6 is 12.2 Å². The predicted octanol–water partition coefficient (Wildman–Crippen LogP) is 5.51. The van der Waals surface area contributed by atoms with Crippen LogP contribution in [0.15, 0.2) is 73.1 Å². The molecule has 3 aromatic heterocycles. The summed E-state index contributed by atoms with van der Waals surface area (Å²) in [4.78, 5) is 11.1. The number of anilines is 1. The molecule has 2 atom stereocenters. The molecular formula is C26H24FN5S. The highest BCUT2D eigenvalue weighted by atomic mass is 32.1. The fourth-order valence-electron chi connectivity index (χ4n) is 4.70. The lowest BCUT2D eigenvalue weighted by atomic mass is 9.96. The zero-order valence-electron chi connectivity index (χ0n) is 18.7. The van der Waals surface area contributed by atoms with E-state index in [1.165, 1.54) is 6.07 Å². The Kier molecular flexibility index (Phi) is 5.42. The van der Waals surface area contributed by atoms with E-state index in [2.05, 4.69) is 52.8 Å². The molecule has 0 radical (unpaired) electrons. The molecule has 1 saturated heterocycles.